The highest BCUT2D eigenvalue weighted by molar-refractivity contribution is 7.92. The Labute approximate surface area is 204 Å². The van der Waals surface area contributed by atoms with Gasteiger partial charge in [-0.15, -0.1) is 0 Å². The van der Waals surface area contributed by atoms with Crippen molar-refractivity contribution in [1.29, 1.82) is 0 Å². The van der Waals surface area contributed by atoms with Crippen LogP contribution in [0.4, 0.5) is 5.69 Å². The first-order valence-electron chi connectivity index (χ1n) is 11.5. The second-order valence-corrected chi connectivity index (χ2v) is 11.3. The highest BCUT2D eigenvalue weighted by Gasteiger charge is 2.30. The third kappa shape index (κ3) is 7.58. The van der Waals surface area contributed by atoms with Crippen LogP contribution in [-0.2, 0) is 26.2 Å². The maximum atomic E-state index is 13.5. The van der Waals surface area contributed by atoms with Crippen molar-refractivity contribution >= 4 is 27.5 Å². The molecule has 0 spiro atoms. The fourth-order valence-electron chi connectivity index (χ4n) is 3.61. The van der Waals surface area contributed by atoms with Crippen LogP contribution in [0.25, 0.3) is 0 Å². The number of amides is 2. The molecule has 0 aliphatic carbocycles. The zero-order valence-electron chi connectivity index (χ0n) is 21.3. The Morgan fingerprint density at radius 3 is 2.06 bits per heavy atom. The first-order chi connectivity index (χ1) is 15.8. The average Bonchev–Trinajstić information content (AvgIpc) is 2.74. The highest BCUT2D eigenvalue weighted by atomic mass is 32.2. The Morgan fingerprint density at radius 2 is 1.53 bits per heavy atom. The van der Waals surface area contributed by atoms with Gasteiger partial charge in [0.05, 0.1) is 11.9 Å². The van der Waals surface area contributed by atoms with Gasteiger partial charge in [0.25, 0.3) is 0 Å². The quantitative estimate of drug-likeness (QED) is 0.555. The Bertz CT molecular complexity index is 1110. The molecular formula is C26H37N3O4S. The lowest BCUT2D eigenvalue weighted by Crippen LogP contribution is -2.51. The number of carbonyl (C=O) groups excluding carboxylic acids is 2. The molecule has 2 aromatic rings. The van der Waals surface area contributed by atoms with E-state index in [-0.39, 0.29) is 18.4 Å². The van der Waals surface area contributed by atoms with Crippen LogP contribution in [-0.4, -0.2) is 50.5 Å². The number of anilines is 1. The predicted molar refractivity (Wildman–Crippen MR) is 137 cm³/mol. The molecule has 2 aromatic carbocycles. The van der Waals surface area contributed by atoms with Crippen molar-refractivity contribution in [2.45, 2.75) is 54.1 Å². The van der Waals surface area contributed by atoms with Gasteiger partial charge in [0.1, 0.15) is 12.6 Å². The van der Waals surface area contributed by atoms with Gasteiger partial charge >= 0.3 is 0 Å². The van der Waals surface area contributed by atoms with E-state index in [1.165, 1.54) is 4.90 Å². The van der Waals surface area contributed by atoms with E-state index in [2.05, 4.69) is 5.32 Å². The van der Waals surface area contributed by atoms with Gasteiger partial charge in [-0.25, -0.2) is 8.42 Å². The van der Waals surface area contributed by atoms with Crippen molar-refractivity contribution in [2.75, 3.05) is 23.7 Å². The van der Waals surface area contributed by atoms with Crippen molar-refractivity contribution in [3.05, 3.63) is 64.7 Å². The van der Waals surface area contributed by atoms with Crippen molar-refractivity contribution < 1.29 is 18.0 Å². The van der Waals surface area contributed by atoms with Crippen LogP contribution in [0.3, 0.4) is 0 Å². The third-order valence-electron chi connectivity index (χ3n) is 5.63. The summed E-state index contributed by atoms with van der Waals surface area (Å²) in [7, 11) is -3.74. The molecule has 7 nitrogen and oxygen atoms in total. The lowest BCUT2D eigenvalue weighted by atomic mass is 10.1. The average molecular weight is 488 g/mol. The third-order valence-corrected chi connectivity index (χ3v) is 6.75. The van der Waals surface area contributed by atoms with Crippen molar-refractivity contribution in [3.63, 3.8) is 0 Å². The van der Waals surface area contributed by atoms with Gasteiger partial charge in [-0.1, -0.05) is 61.4 Å². The second-order valence-electron chi connectivity index (χ2n) is 9.38. The standard InChI is InChI=1S/C26H37N3O4S/c1-18(2)15-27-26(31)22(6)28(16-23-11-8-19(3)9-12-23)25(30)17-29(34(7,32)33)24-13-10-20(4)14-21(24)5/h8-14,18,22H,15-17H2,1-7H3,(H,27,31)/t22-/m0/s1. The molecule has 0 aliphatic heterocycles. The number of nitrogens with zero attached hydrogens (tertiary/aromatic N) is 2. The van der Waals surface area contributed by atoms with Crippen LogP contribution in [0.1, 0.15) is 43.0 Å². The minimum absolute atomic E-state index is 0.194. The zero-order valence-corrected chi connectivity index (χ0v) is 22.1. The molecule has 0 fully saturated rings. The number of carbonyl (C=O) groups is 2. The molecule has 34 heavy (non-hydrogen) atoms. The van der Waals surface area contributed by atoms with Gasteiger partial charge in [0.15, 0.2) is 0 Å². The number of hydrogen-bond acceptors (Lipinski definition) is 4. The first kappa shape index (κ1) is 27.4. The lowest BCUT2D eigenvalue weighted by Gasteiger charge is -2.32. The first-order valence-corrected chi connectivity index (χ1v) is 13.3. The number of sulfonamides is 1. The van der Waals surface area contributed by atoms with Crippen LogP contribution < -0.4 is 9.62 Å². The number of nitrogens with one attached hydrogen (secondary N) is 1. The largest absolute Gasteiger partial charge is 0.354 e. The Balaban J connectivity index is 2.39. The van der Waals surface area contributed by atoms with E-state index in [4.69, 9.17) is 0 Å². The maximum Gasteiger partial charge on any atom is 0.244 e. The summed E-state index contributed by atoms with van der Waals surface area (Å²) in [6.45, 7) is 11.7. The summed E-state index contributed by atoms with van der Waals surface area (Å²) in [6, 6.07) is 12.3. The van der Waals surface area contributed by atoms with E-state index in [0.717, 1.165) is 32.8 Å². The number of rotatable bonds is 10. The topological polar surface area (TPSA) is 86.8 Å². The summed E-state index contributed by atoms with van der Waals surface area (Å²) in [4.78, 5) is 27.8. The van der Waals surface area contributed by atoms with Crippen molar-refractivity contribution in [2.24, 2.45) is 5.92 Å². The number of aryl methyl sites for hydroxylation is 3. The predicted octanol–water partition coefficient (Wildman–Crippen LogP) is 3.57. The summed E-state index contributed by atoms with van der Waals surface area (Å²) in [5.74, 6) is -0.451. The molecule has 0 saturated carbocycles. The van der Waals surface area contributed by atoms with Crippen LogP contribution in [0.2, 0.25) is 0 Å². The molecular weight excluding hydrogens is 450 g/mol. The SMILES string of the molecule is Cc1ccc(CN(C(=O)CN(c2ccc(C)cc2C)S(C)(=O)=O)[C@@H](C)C(=O)NCC(C)C)cc1. The summed E-state index contributed by atoms with van der Waals surface area (Å²) in [5.41, 5.74) is 4.15. The van der Waals surface area contributed by atoms with Gasteiger partial charge in [-0.2, -0.15) is 0 Å². The number of hydrogen-bond donors (Lipinski definition) is 1. The molecule has 1 N–H and O–H groups in total. The molecule has 0 aromatic heterocycles. The van der Waals surface area contributed by atoms with E-state index in [0.29, 0.717) is 12.2 Å². The highest BCUT2D eigenvalue weighted by Crippen LogP contribution is 2.24. The number of benzene rings is 2. The van der Waals surface area contributed by atoms with E-state index < -0.39 is 28.5 Å². The van der Waals surface area contributed by atoms with Gasteiger partial charge < -0.3 is 10.2 Å². The molecule has 186 valence electrons. The normalized spacial score (nSPS) is 12.4. The molecule has 2 rings (SSSR count). The van der Waals surface area contributed by atoms with E-state index in [1.54, 1.807) is 13.0 Å². The summed E-state index contributed by atoms with van der Waals surface area (Å²) < 4.78 is 26.5. The van der Waals surface area contributed by atoms with Crippen molar-refractivity contribution in [1.82, 2.24) is 10.2 Å². The lowest BCUT2D eigenvalue weighted by molar-refractivity contribution is -0.139. The minimum Gasteiger partial charge on any atom is -0.354 e. The Kier molecular flexibility index (Phi) is 9.27. The van der Waals surface area contributed by atoms with Gasteiger partial charge in [0, 0.05) is 13.1 Å². The van der Waals surface area contributed by atoms with Crippen molar-refractivity contribution in [3.8, 4) is 0 Å². The van der Waals surface area contributed by atoms with Gasteiger partial charge in [0.2, 0.25) is 21.8 Å². The molecule has 1 atom stereocenters. The monoisotopic (exact) mass is 487 g/mol. The van der Waals surface area contributed by atoms with Crippen LogP contribution in [0, 0.1) is 26.7 Å². The minimum atomic E-state index is -3.74. The smallest absolute Gasteiger partial charge is 0.244 e. The molecule has 0 bridgehead atoms. The van der Waals surface area contributed by atoms with Gasteiger partial charge in [-0.3, -0.25) is 13.9 Å². The summed E-state index contributed by atoms with van der Waals surface area (Å²) in [5, 5.41) is 2.88. The van der Waals surface area contributed by atoms with E-state index in [9.17, 15) is 18.0 Å². The van der Waals surface area contributed by atoms with Gasteiger partial charge in [-0.05, 0) is 50.8 Å². The van der Waals surface area contributed by atoms with Crippen LogP contribution >= 0.6 is 0 Å². The van der Waals surface area contributed by atoms with E-state index in [1.807, 2.05) is 71.0 Å². The summed E-state index contributed by atoms with van der Waals surface area (Å²) in [6.07, 6.45) is 1.09. The molecule has 0 saturated heterocycles. The molecule has 0 unspecified atom stereocenters. The molecule has 0 radical (unpaired) electrons. The maximum absolute atomic E-state index is 13.5. The van der Waals surface area contributed by atoms with E-state index >= 15 is 0 Å². The molecule has 0 aliphatic rings. The van der Waals surface area contributed by atoms with Crippen LogP contribution in [0.15, 0.2) is 42.5 Å². The summed E-state index contributed by atoms with van der Waals surface area (Å²) >= 11 is 0. The molecule has 8 heteroatoms. The Hall–Kier alpha value is -2.87. The molecule has 2 amide bonds. The fraction of sp³-hybridized carbons (Fsp3) is 0.462. The second kappa shape index (κ2) is 11.5. The fourth-order valence-corrected chi connectivity index (χ4v) is 4.51. The Morgan fingerprint density at radius 1 is 0.941 bits per heavy atom. The molecule has 0 heterocycles. The van der Waals surface area contributed by atoms with Crippen LogP contribution in [0.5, 0.6) is 0 Å². The zero-order chi connectivity index (χ0) is 25.6.